The summed E-state index contributed by atoms with van der Waals surface area (Å²) >= 11 is 0. The summed E-state index contributed by atoms with van der Waals surface area (Å²) in [5, 5.41) is 17.4. The summed E-state index contributed by atoms with van der Waals surface area (Å²) in [5.74, 6) is -0.549. The highest BCUT2D eigenvalue weighted by molar-refractivity contribution is 5.81. The van der Waals surface area contributed by atoms with Crippen LogP contribution in [0.25, 0.3) is 0 Å². The van der Waals surface area contributed by atoms with Crippen molar-refractivity contribution in [1.82, 2.24) is 0 Å². The van der Waals surface area contributed by atoms with Crippen LogP contribution in [0.15, 0.2) is 12.7 Å². The fourth-order valence-electron chi connectivity index (χ4n) is 0.844. The smallest absolute Gasteiger partial charge is 0.330 e. The van der Waals surface area contributed by atoms with Crippen molar-refractivity contribution in [2.75, 3.05) is 19.8 Å². The van der Waals surface area contributed by atoms with Crippen molar-refractivity contribution >= 4 is 5.97 Å². The molecule has 0 aromatic heterocycles. The Morgan fingerprint density at radius 3 is 2.54 bits per heavy atom. The highest BCUT2D eigenvalue weighted by atomic mass is 16.5. The van der Waals surface area contributed by atoms with E-state index in [9.17, 15) is 4.79 Å². The van der Waals surface area contributed by atoms with Crippen LogP contribution in [0.5, 0.6) is 0 Å². The number of aliphatic hydroxyl groups excluding tert-OH is 2. The van der Waals surface area contributed by atoms with E-state index in [0.717, 1.165) is 6.08 Å². The second kappa shape index (κ2) is 7.76. The van der Waals surface area contributed by atoms with Gasteiger partial charge >= 0.3 is 5.97 Å². The van der Waals surface area contributed by atoms with Gasteiger partial charge in [-0.05, 0) is 12.8 Å². The topological polar surface area (TPSA) is 66.8 Å². The molecule has 0 amide bonds. The van der Waals surface area contributed by atoms with Gasteiger partial charge in [-0.25, -0.2) is 4.79 Å². The molecule has 0 aliphatic heterocycles. The standard InChI is InChI=1S/C9H16O4/c1-2-9(12)13-5-3-4-8(6-10)7-11/h2,8,10-11H,1,3-7H2. The summed E-state index contributed by atoms with van der Waals surface area (Å²) in [7, 11) is 0. The molecular formula is C9H16O4. The Labute approximate surface area is 77.8 Å². The van der Waals surface area contributed by atoms with Gasteiger partial charge in [0, 0.05) is 25.2 Å². The summed E-state index contributed by atoms with van der Waals surface area (Å²) in [6, 6.07) is 0. The molecule has 0 atom stereocenters. The van der Waals surface area contributed by atoms with Gasteiger partial charge < -0.3 is 14.9 Å². The quantitative estimate of drug-likeness (QED) is 0.338. The maximum atomic E-state index is 10.6. The number of hydrogen-bond acceptors (Lipinski definition) is 4. The average Bonchev–Trinajstić information content (AvgIpc) is 2.18. The van der Waals surface area contributed by atoms with E-state index in [0.29, 0.717) is 19.4 Å². The molecule has 4 heteroatoms. The fourth-order valence-corrected chi connectivity index (χ4v) is 0.844. The van der Waals surface area contributed by atoms with Crippen molar-refractivity contribution in [3.8, 4) is 0 Å². The molecule has 2 N–H and O–H groups in total. The predicted octanol–water partition coefficient (Wildman–Crippen LogP) is 0.0966. The first-order valence-corrected chi connectivity index (χ1v) is 4.25. The van der Waals surface area contributed by atoms with Crippen LogP contribution >= 0.6 is 0 Å². The monoisotopic (exact) mass is 188 g/mol. The second-order valence-corrected chi connectivity index (χ2v) is 2.75. The lowest BCUT2D eigenvalue weighted by atomic mass is 10.1. The summed E-state index contributed by atoms with van der Waals surface area (Å²) in [5.41, 5.74) is 0. The summed E-state index contributed by atoms with van der Waals surface area (Å²) in [6.07, 6.45) is 2.40. The molecule has 13 heavy (non-hydrogen) atoms. The Morgan fingerprint density at radius 2 is 2.08 bits per heavy atom. The Kier molecular flexibility index (Phi) is 7.24. The summed E-state index contributed by atoms with van der Waals surface area (Å²) in [4.78, 5) is 10.6. The van der Waals surface area contributed by atoms with Crippen LogP contribution in [0.1, 0.15) is 12.8 Å². The van der Waals surface area contributed by atoms with Crippen LogP contribution in [0.3, 0.4) is 0 Å². The van der Waals surface area contributed by atoms with Gasteiger partial charge in [-0.3, -0.25) is 0 Å². The number of carbonyl (C=O) groups excluding carboxylic acids is 1. The van der Waals surface area contributed by atoms with E-state index in [1.165, 1.54) is 0 Å². The van der Waals surface area contributed by atoms with E-state index in [-0.39, 0.29) is 19.1 Å². The Morgan fingerprint density at radius 1 is 1.46 bits per heavy atom. The summed E-state index contributed by atoms with van der Waals surface area (Å²) < 4.78 is 4.71. The van der Waals surface area contributed by atoms with Crippen molar-refractivity contribution in [2.24, 2.45) is 5.92 Å². The molecule has 0 saturated heterocycles. The molecule has 0 fully saturated rings. The number of ether oxygens (including phenoxy) is 1. The van der Waals surface area contributed by atoms with E-state index in [4.69, 9.17) is 14.9 Å². The minimum absolute atomic E-state index is 0.0358. The molecule has 0 unspecified atom stereocenters. The lowest BCUT2D eigenvalue weighted by Crippen LogP contribution is -2.12. The molecule has 0 rings (SSSR count). The number of carbonyl (C=O) groups is 1. The summed E-state index contributed by atoms with van der Waals surface area (Å²) in [6.45, 7) is 3.49. The Hall–Kier alpha value is -0.870. The van der Waals surface area contributed by atoms with Crippen molar-refractivity contribution in [2.45, 2.75) is 12.8 Å². The molecule has 4 nitrogen and oxygen atoms in total. The predicted molar refractivity (Wildman–Crippen MR) is 48.1 cm³/mol. The number of aliphatic hydroxyl groups is 2. The zero-order valence-corrected chi connectivity index (χ0v) is 7.61. The van der Waals surface area contributed by atoms with Gasteiger partial charge in [0.05, 0.1) is 6.61 Å². The van der Waals surface area contributed by atoms with Crippen LogP contribution in [0, 0.1) is 5.92 Å². The van der Waals surface area contributed by atoms with Crippen molar-refractivity contribution in [1.29, 1.82) is 0 Å². The third-order valence-electron chi connectivity index (χ3n) is 1.68. The molecule has 0 aliphatic carbocycles. The molecule has 0 aromatic carbocycles. The van der Waals surface area contributed by atoms with Gasteiger partial charge in [-0.15, -0.1) is 0 Å². The SMILES string of the molecule is C=CC(=O)OCCCC(CO)CO. The normalized spacial score (nSPS) is 10.1. The van der Waals surface area contributed by atoms with Gasteiger partial charge in [-0.1, -0.05) is 6.58 Å². The maximum Gasteiger partial charge on any atom is 0.330 e. The van der Waals surface area contributed by atoms with Crippen LogP contribution in [0.2, 0.25) is 0 Å². The van der Waals surface area contributed by atoms with Crippen molar-refractivity contribution in [3.05, 3.63) is 12.7 Å². The largest absolute Gasteiger partial charge is 0.463 e. The lowest BCUT2D eigenvalue weighted by Gasteiger charge is -2.09. The van der Waals surface area contributed by atoms with Gasteiger partial charge in [0.1, 0.15) is 0 Å². The van der Waals surface area contributed by atoms with Gasteiger partial charge in [0.15, 0.2) is 0 Å². The highest BCUT2D eigenvalue weighted by Gasteiger charge is 2.05. The molecule has 0 heterocycles. The zero-order valence-electron chi connectivity index (χ0n) is 7.61. The first-order valence-electron chi connectivity index (χ1n) is 4.25. The van der Waals surface area contributed by atoms with Crippen LogP contribution in [-0.2, 0) is 9.53 Å². The number of hydrogen-bond donors (Lipinski definition) is 2. The van der Waals surface area contributed by atoms with Crippen LogP contribution < -0.4 is 0 Å². The van der Waals surface area contributed by atoms with E-state index >= 15 is 0 Å². The van der Waals surface area contributed by atoms with Gasteiger partial charge in [0.25, 0.3) is 0 Å². The van der Waals surface area contributed by atoms with Gasteiger partial charge in [-0.2, -0.15) is 0 Å². The Balaban J connectivity index is 3.33. The Bertz CT molecular complexity index is 152. The number of rotatable bonds is 7. The van der Waals surface area contributed by atoms with Crippen LogP contribution in [-0.4, -0.2) is 36.0 Å². The van der Waals surface area contributed by atoms with Crippen molar-refractivity contribution < 1.29 is 19.7 Å². The van der Waals surface area contributed by atoms with Gasteiger partial charge in [0.2, 0.25) is 0 Å². The fraction of sp³-hybridized carbons (Fsp3) is 0.667. The third-order valence-corrected chi connectivity index (χ3v) is 1.68. The molecule has 0 aliphatic rings. The molecule has 0 spiro atoms. The molecule has 76 valence electrons. The first kappa shape index (κ1) is 12.1. The van der Waals surface area contributed by atoms with Crippen LogP contribution in [0.4, 0.5) is 0 Å². The molecule has 0 aromatic rings. The van der Waals surface area contributed by atoms with Crippen molar-refractivity contribution in [3.63, 3.8) is 0 Å². The molecular weight excluding hydrogens is 172 g/mol. The zero-order chi connectivity index (χ0) is 10.1. The lowest BCUT2D eigenvalue weighted by molar-refractivity contribution is -0.137. The molecule has 0 saturated carbocycles. The minimum Gasteiger partial charge on any atom is -0.463 e. The number of esters is 1. The van der Waals surface area contributed by atoms with E-state index in [1.54, 1.807) is 0 Å². The second-order valence-electron chi connectivity index (χ2n) is 2.75. The minimum atomic E-state index is -0.440. The van der Waals surface area contributed by atoms with E-state index in [1.807, 2.05) is 0 Å². The van der Waals surface area contributed by atoms with E-state index < -0.39 is 5.97 Å². The maximum absolute atomic E-state index is 10.6. The molecule has 0 radical (unpaired) electrons. The first-order chi connectivity index (χ1) is 6.24. The van der Waals surface area contributed by atoms with E-state index in [2.05, 4.69) is 6.58 Å². The molecule has 0 bridgehead atoms. The average molecular weight is 188 g/mol. The highest BCUT2D eigenvalue weighted by Crippen LogP contribution is 2.04. The third kappa shape index (κ3) is 6.31.